The average Bonchev–Trinajstić information content (AvgIpc) is 2.45. The Morgan fingerprint density at radius 1 is 1.26 bits per heavy atom. The molecule has 1 rings (SSSR count). The van der Waals surface area contributed by atoms with Crippen LogP contribution in [-0.2, 0) is 10.0 Å². The van der Waals surface area contributed by atoms with Gasteiger partial charge in [-0.15, -0.1) is 0 Å². The lowest BCUT2D eigenvalue weighted by atomic mass is 10.0. The van der Waals surface area contributed by atoms with Gasteiger partial charge in [0, 0.05) is 6.04 Å². The first kappa shape index (κ1) is 19.4. The standard InChI is InChI=1S/C16H26N2O4S/c1-11(2)6-5-7-12(3)18-16(19)14-10-13(23(17,20)21)8-9-15(14)22-4/h8-12H,5-7H2,1-4H3,(H,18,19)(H2,17,20,21). The Morgan fingerprint density at radius 3 is 2.43 bits per heavy atom. The van der Waals surface area contributed by atoms with Crippen molar-refractivity contribution in [1.82, 2.24) is 5.32 Å². The van der Waals surface area contributed by atoms with E-state index < -0.39 is 10.0 Å². The van der Waals surface area contributed by atoms with Crippen molar-refractivity contribution in [3.8, 4) is 5.75 Å². The summed E-state index contributed by atoms with van der Waals surface area (Å²) in [6.45, 7) is 6.24. The van der Waals surface area contributed by atoms with E-state index in [9.17, 15) is 13.2 Å². The third-order valence-corrected chi connectivity index (χ3v) is 4.45. The molecule has 1 aromatic rings. The van der Waals surface area contributed by atoms with E-state index in [1.165, 1.54) is 25.3 Å². The number of benzene rings is 1. The van der Waals surface area contributed by atoms with Crippen molar-refractivity contribution in [3.05, 3.63) is 23.8 Å². The maximum atomic E-state index is 12.4. The first-order chi connectivity index (χ1) is 10.6. The Balaban J connectivity index is 2.85. The molecule has 23 heavy (non-hydrogen) atoms. The monoisotopic (exact) mass is 342 g/mol. The van der Waals surface area contributed by atoms with Gasteiger partial charge in [-0.3, -0.25) is 4.79 Å². The highest BCUT2D eigenvalue weighted by Crippen LogP contribution is 2.22. The highest BCUT2D eigenvalue weighted by molar-refractivity contribution is 7.89. The number of methoxy groups -OCH3 is 1. The van der Waals surface area contributed by atoms with Gasteiger partial charge in [-0.25, -0.2) is 13.6 Å². The molecule has 0 aliphatic carbocycles. The van der Waals surface area contributed by atoms with Crippen molar-refractivity contribution in [1.29, 1.82) is 0 Å². The lowest BCUT2D eigenvalue weighted by molar-refractivity contribution is 0.0934. The highest BCUT2D eigenvalue weighted by Gasteiger charge is 2.18. The van der Waals surface area contributed by atoms with Gasteiger partial charge < -0.3 is 10.1 Å². The van der Waals surface area contributed by atoms with E-state index in [0.29, 0.717) is 11.7 Å². The van der Waals surface area contributed by atoms with E-state index >= 15 is 0 Å². The molecule has 0 fully saturated rings. The Morgan fingerprint density at radius 2 is 1.91 bits per heavy atom. The molecule has 1 atom stereocenters. The lowest BCUT2D eigenvalue weighted by Gasteiger charge is -2.16. The summed E-state index contributed by atoms with van der Waals surface area (Å²) in [4.78, 5) is 12.3. The van der Waals surface area contributed by atoms with Crippen molar-refractivity contribution in [2.75, 3.05) is 7.11 Å². The maximum absolute atomic E-state index is 12.4. The summed E-state index contributed by atoms with van der Waals surface area (Å²) < 4.78 is 28.0. The van der Waals surface area contributed by atoms with Crippen LogP contribution in [0.25, 0.3) is 0 Å². The fourth-order valence-corrected chi connectivity index (χ4v) is 2.79. The quantitative estimate of drug-likeness (QED) is 0.757. The van der Waals surface area contributed by atoms with E-state index in [1.807, 2.05) is 6.92 Å². The number of amides is 1. The van der Waals surface area contributed by atoms with Gasteiger partial charge in [-0.2, -0.15) is 0 Å². The second kappa shape index (κ2) is 8.31. The third kappa shape index (κ3) is 6.19. The lowest BCUT2D eigenvalue weighted by Crippen LogP contribution is -2.33. The van der Waals surface area contributed by atoms with Crippen LogP contribution in [0, 0.1) is 5.92 Å². The van der Waals surface area contributed by atoms with Crippen LogP contribution in [0.4, 0.5) is 0 Å². The Bertz CT molecular complexity index is 641. The first-order valence-corrected chi connectivity index (χ1v) is 9.21. The van der Waals surface area contributed by atoms with E-state index in [2.05, 4.69) is 19.2 Å². The zero-order valence-corrected chi connectivity index (χ0v) is 14.9. The number of nitrogens with one attached hydrogen (secondary N) is 1. The first-order valence-electron chi connectivity index (χ1n) is 7.66. The summed E-state index contributed by atoms with van der Waals surface area (Å²) in [5, 5.41) is 7.98. The molecule has 0 radical (unpaired) electrons. The highest BCUT2D eigenvalue weighted by atomic mass is 32.2. The number of nitrogens with two attached hydrogens (primary N) is 1. The minimum Gasteiger partial charge on any atom is -0.496 e. The van der Waals surface area contributed by atoms with Gasteiger partial charge in [0.15, 0.2) is 0 Å². The van der Waals surface area contributed by atoms with Crippen LogP contribution in [0.2, 0.25) is 0 Å². The number of rotatable bonds is 8. The topological polar surface area (TPSA) is 98.5 Å². The number of hydrogen-bond donors (Lipinski definition) is 2. The molecule has 3 N–H and O–H groups in total. The van der Waals surface area contributed by atoms with E-state index in [1.54, 1.807) is 0 Å². The summed E-state index contributed by atoms with van der Waals surface area (Å²) in [5.41, 5.74) is 0.162. The van der Waals surface area contributed by atoms with Crippen molar-refractivity contribution >= 4 is 15.9 Å². The van der Waals surface area contributed by atoms with Crippen LogP contribution in [0.15, 0.2) is 23.1 Å². The Kier molecular flexibility index (Phi) is 7.02. The molecule has 0 spiro atoms. The van der Waals surface area contributed by atoms with E-state index in [0.717, 1.165) is 19.3 Å². The molecule has 0 saturated heterocycles. The SMILES string of the molecule is COc1ccc(S(N)(=O)=O)cc1C(=O)NC(C)CCCC(C)C. The average molecular weight is 342 g/mol. The number of hydrogen-bond acceptors (Lipinski definition) is 4. The molecule has 7 heteroatoms. The minimum atomic E-state index is -3.87. The van der Waals surface area contributed by atoms with Crippen molar-refractivity contribution in [2.45, 2.75) is 51.0 Å². The molecule has 0 bridgehead atoms. The zero-order valence-electron chi connectivity index (χ0n) is 14.1. The fraction of sp³-hybridized carbons (Fsp3) is 0.562. The molecule has 0 aliphatic rings. The molecule has 1 aromatic carbocycles. The van der Waals surface area contributed by atoms with Crippen LogP contribution >= 0.6 is 0 Å². The third-order valence-electron chi connectivity index (χ3n) is 3.54. The van der Waals surface area contributed by atoms with Gasteiger partial charge in [0.05, 0.1) is 17.6 Å². The molecular formula is C16H26N2O4S. The maximum Gasteiger partial charge on any atom is 0.255 e. The normalized spacial score (nSPS) is 13.0. The van der Waals surface area contributed by atoms with E-state index in [4.69, 9.17) is 9.88 Å². The Labute approximate surface area is 138 Å². The van der Waals surface area contributed by atoms with E-state index in [-0.39, 0.29) is 22.4 Å². The number of carbonyl (C=O) groups excluding carboxylic acids is 1. The molecule has 1 amide bonds. The Hall–Kier alpha value is -1.60. The fourth-order valence-electron chi connectivity index (χ4n) is 2.25. The molecular weight excluding hydrogens is 316 g/mol. The zero-order chi connectivity index (χ0) is 17.6. The van der Waals surface area contributed by atoms with Crippen molar-refractivity contribution < 1.29 is 17.9 Å². The van der Waals surface area contributed by atoms with Gasteiger partial charge in [-0.1, -0.05) is 26.7 Å². The largest absolute Gasteiger partial charge is 0.496 e. The van der Waals surface area contributed by atoms with Gasteiger partial charge >= 0.3 is 0 Å². The van der Waals surface area contributed by atoms with Gasteiger partial charge in [-0.05, 0) is 37.5 Å². The van der Waals surface area contributed by atoms with Crippen LogP contribution < -0.4 is 15.2 Å². The van der Waals surface area contributed by atoms with Crippen LogP contribution in [-0.4, -0.2) is 27.5 Å². The summed E-state index contributed by atoms with van der Waals surface area (Å²) in [5.74, 6) is 0.568. The molecule has 6 nitrogen and oxygen atoms in total. The number of carbonyl (C=O) groups is 1. The second-order valence-corrected chi connectivity index (χ2v) is 7.67. The predicted octanol–water partition coefficient (Wildman–Crippen LogP) is 2.29. The van der Waals surface area contributed by atoms with Crippen LogP contribution in [0.1, 0.15) is 50.4 Å². The van der Waals surface area contributed by atoms with Gasteiger partial charge in [0.25, 0.3) is 5.91 Å². The molecule has 0 aromatic heterocycles. The van der Waals surface area contributed by atoms with Crippen molar-refractivity contribution in [2.24, 2.45) is 11.1 Å². The summed E-state index contributed by atoms with van der Waals surface area (Å²) in [7, 11) is -2.45. The molecule has 130 valence electrons. The van der Waals surface area contributed by atoms with Crippen LogP contribution in [0.5, 0.6) is 5.75 Å². The van der Waals surface area contributed by atoms with Crippen LogP contribution in [0.3, 0.4) is 0 Å². The number of primary sulfonamides is 1. The number of sulfonamides is 1. The smallest absolute Gasteiger partial charge is 0.255 e. The van der Waals surface area contributed by atoms with Gasteiger partial charge in [0.2, 0.25) is 10.0 Å². The minimum absolute atomic E-state index is 0.0101. The molecule has 0 saturated carbocycles. The second-order valence-electron chi connectivity index (χ2n) is 6.11. The molecule has 0 heterocycles. The summed E-state index contributed by atoms with van der Waals surface area (Å²) in [6.07, 6.45) is 2.99. The van der Waals surface area contributed by atoms with Gasteiger partial charge in [0.1, 0.15) is 5.75 Å². The summed E-state index contributed by atoms with van der Waals surface area (Å²) in [6, 6.07) is 3.98. The summed E-state index contributed by atoms with van der Waals surface area (Å²) >= 11 is 0. The van der Waals surface area contributed by atoms with Crippen molar-refractivity contribution in [3.63, 3.8) is 0 Å². The number of ether oxygens (including phenoxy) is 1. The predicted molar refractivity (Wildman–Crippen MR) is 90.0 cm³/mol. The molecule has 0 aliphatic heterocycles. The molecule has 1 unspecified atom stereocenters.